The minimum absolute atomic E-state index is 0.00714. The van der Waals surface area contributed by atoms with Gasteiger partial charge in [-0.2, -0.15) is 0 Å². The van der Waals surface area contributed by atoms with Crippen molar-refractivity contribution in [2.45, 2.75) is 45.1 Å². The molecule has 1 aliphatic heterocycles. The van der Waals surface area contributed by atoms with Gasteiger partial charge in [0.05, 0.1) is 23.4 Å². The lowest BCUT2D eigenvalue weighted by molar-refractivity contribution is -0.164. The molecule has 1 fully saturated rings. The lowest BCUT2D eigenvalue weighted by atomic mass is 10.0. The molecule has 4 rings (SSSR count). The average Bonchev–Trinajstić information content (AvgIpc) is 2.87. The Kier molecular flexibility index (Phi) is 9.43. The number of hydrogen-bond donors (Lipinski definition) is 2. The molecule has 2 N–H and O–H groups in total. The van der Waals surface area contributed by atoms with E-state index in [4.69, 9.17) is 21.1 Å². The zero-order valence-corrected chi connectivity index (χ0v) is 21.1. The fourth-order valence-electron chi connectivity index (χ4n) is 4.33. The van der Waals surface area contributed by atoms with Crippen LogP contribution in [-0.2, 0) is 16.0 Å². The summed E-state index contributed by atoms with van der Waals surface area (Å²) in [5.74, 6) is 0.153. The Morgan fingerprint density at radius 1 is 1.09 bits per heavy atom. The molecule has 0 radical (unpaired) electrons. The summed E-state index contributed by atoms with van der Waals surface area (Å²) in [6.45, 7) is 5.83. The van der Waals surface area contributed by atoms with Gasteiger partial charge < -0.3 is 19.9 Å². The number of ether oxygens (including phenoxy) is 2. The van der Waals surface area contributed by atoms with Crippen molar-refractivity contribution in [3.63, 3.8) is 0 Å². The van der Waals surface area contributed by atoms with Gasteiger partial charge in [-0.1, -0.05) is 71.8 Å². The molecule has 0 amide bonds. The van der Waals surface area contributed by atoms with E-state index in [1.807, 2.05) is 12.1 Å². The van der Waals surface area contributed by atoms with E-state index >= 15 is 0 Å². The fourth-order valence-corrected chi connectivity index (χ4v) is 4.56. The molecule has 0 spiro atoms. The first-order chi connectivity index (χ1) is 17.1. The average molecular weight is 495 g/mol. The van der Waals surface area contributed by atoms with Gasteiger partial charge in [0.1, 0.15) is 5.75 Å². The Morgan fingerprint density at radius 2 is 1.89 bits per heavy atom. The quantitative estimate of drug-likeness (QED) is 0.296. The second-order valence-electron chi connectivity index (χ2n) is 9.16. The molecule has 6 heteroatoms. The zero-order valence-electron chi connectivity index (χ0n) is 20.3. The van der Waals surface area contributed by atoms with Crippen LogP contribution < -0.4 is 5.32 Å². The number of benzene rings is 3. The molecule has 1 unspecified atom stereocenters. The zero-order chi connectivity index (χ0) is 24.5. The molecule has 5 nitrogen and oxygen atoms in total. The maximum atomic E-state index is 9.79. The first-order valence-corrected chi connectivity index (χ1v) is 12.8. The van der Waals surface area contributed by atoms with Crippen LogP contribution in [0.3, 0.4) is 0 Å². The lowest BCUT2D eigenvalue weighted by Crippen LogP contribution is -2.35. The number of phenols is 1. The van der Waals surface area contributed by atoms with E-state index in [1.165, 1.54) is 16.7 Å². The highest BCUT2D eigenvalue weighted by Crippen LogP contribution is 2.30. The van der Waals surface area contributed by atoms with Crippen LogP contribution in [0.4, 0.5) is 5.69 Å². The van der Waals surface area contributed by atoms with Gasteiger partial charge in [0.2, 0.25) is 0 Å². The van der Waals surface area contributed by atoms with E-state index in [-0.39, 0.29) is 18.1 Å². The number of anilines is 1. The van der Waals surface area contributed by atoms with Crippen molar-refractivity contribution in [1.82, 2.24) is 4.90 Å². The Labute approximate surface area is 213 Å². The molecule has 1 heterocycles. The SMILES string of the molecule is Cc1ccc([C@H](CN(CCOC2CCCCO2)Cc2ccccc2)Nc2ccc(O)cc2Cl)cc1. The maximum Gasteiger partial charge on any atom is 0.157 e. The molecule has 3 aromatic rings. The second-order valence-corrected chi connectivity index (χ2v) is 9.57. The number of nitrogens with zero attached hydrogens (tertiary/aromatic N) is 1. The van der Waals surface area contributed by atoms with Crippen LogP contribution >= 0.6 is 11.6 Å². The first kappa shape index (κ1) is 25.5. The number of halogens is 1. The number of rotatable bonds is 11. The van der Waals surface area contributed by atoms with Crippen LogP contribution in [-0.4, -0.2) is 42.6 Å². The monoisotopic (exact) mass is 494 g/mol. The smallest absolute Gasteiger partial charge is 0.157 e. The Bertz CT molecular complexity index is 1040. The molecule has 0 saturated carbocycles. The largest absolute Gasteiger partial charge is 0.508 e. The van der Waals surface area contributed by atoms with Crippen molar-refractivity contribution in [2.24, 2.45) is 0 Å². The number of phenolic OH excluding ortho intramolecular Hbond substituents is 1. The highest BCUT2D eigenvalue weighted by molar-refractivity contribution is 6.33. The summed E-state index contributed by atoms with van der Waals surface area (Å²) in [5, 5.41) is 13.9. The number of hydrogen-bond acceptors (Lipinski definition) is 5. The summed E-state index contributed by atoms with van der Waals surface area (Å²) in [7, 11) is 0. The van der Waals surface area contributed by atoms with E-state index in [9.17, 15) is 5.11 Å². The molecule has 0 aliphatic carbocycles. The Balaban J connectivity index is 1.51. The molecule has 186 valence electrons. The molecule has 35 heavy (non-hydrogen) atoms. The Hall–Kier alpha value is -2.57. The number of aryl methyl sites for hydroxylation is 1. The van der Waals surface area contributed by atoms with Gasteiger partial charge >= 0.3 is 0 Å². The molecular weight excluding hydrogens is 460 g/mol. The maximum absolute atomic E-state index is 9.79. The van der Waals surface area contributed by atoms with Crippen LogP contribution in [0, 0.1) is 6.92 Å². The van der Waals surface area contributed by atoms with Crippen molar-refractivity contribution >= 4 is 17.3 Å². The number of nitrogens with one attached hydrogen (secondary N) is 1. The van der Waals surface area contributed by atoms with Gasteiger partial charge in [-0.05, 0) is 49.4 Å². The van der Waals surface area contributed by atoms with E-state index in [1.54, 1.807) is 12.1 Å². The predicted molar refractivity (Wildman–Crippen MR) is 142 cm³/mol. The van der Waals surface area contributed by atoms with Gasteiger partial charge in [0.25, 0.3) is 0 Å². The third kappa shape index (κ3) is 7.97. The van der Waals surface area contributed by atoms with Crippen LogP contribution in [0.25, 0.3) is 0 Å². The van der Waals surface area contributed by atoms with E-state index < -0.39 is 0 Å². The molecule has 1 saturated heterocycles. The highest BCUT2D eigenvalue weighted by atomic mass is 35.5. The summed E-state index contributed by atoms with van der Waals surface area (Å²) >= 11 is 6.45. The van der Waals surface area contributed by atoms with Crippen LogP contribution in [0.1, 0.15) is 42.0 Å². The van der Waals surface area contributed by atoms with Gasteiger partial charge in [0, 0.05) is 32.3 Å². The molecular formula is C29H35ClN2O3. The standard InChI is InChI=1S/C29H35ClN2O3/c1-22-10-12-24(13-11-22)28(31-27-15-14-25(33)19-26(27)30)21-32(20-23-7-3-2-4-8-23)16-18-35-29-9-5-6-17-34-29/h2-4,7-8,10-15,19,28-29,31,33H,5-6,9,16-18,20-21H2,1H3/t28-,29?/m0/s1. The summed E-state index contributed by atoms with van der Waals surface area (Å²) in [6.07, 6.45) is 3.14. The molecule has 0 aromatic heterocycles. The fraction of sp³-hybridized carbons (Fsp3) is 0.379. The van der Waals surface area contributed by atoms with E-state index in [0.717, 1.165) is 51.2 Å². The summed E-state index contributed by atoms with van der Waals surface area (Å²) in [5.41, 5.74) is 4.44. The van der Waals surface area contributed by atoms with Gasteiger partial charge in [-0.15, -0.1) is 0 Å². The second kappa shape index (κ2) is 12.9. The van der Waals surface area contributed by atoms with Gasteiger partial charge in [0.15, 0.2) is 6.29 Å². The molecule has 3 aromatic carbocycles. The van der Waals surface area contributed by atoms with E-state index in [2.05, 4.69) is 65.7 Å². The molecule has 1 aliphatic rings. The van der Waals surface area contributed by atoms with Crippen LogP contribution in [0.2, 0.25) is 5.02 Å². The van der Waals surface area contributed by atoms with Gasteiger partial charge in [-0.25, -0.2) is 0 Å². The minimum atomic E-state index is -0.0934. The normalized spacial score (nSPS) is 16.8. The van der Waals surface area contributed by atoms with Crippen molar-refractivity contribution < 1.29 is 14.6 Å². The van der Waals surface area contributed by atoms with Crippen molar-refractivity contribution in [2.75, 3.05) is 31.6 Å². The van der Waals surface area contributed by atoms with Crippen molar-refractivity contribution in [3.8, 4) is 5.75 Å². The Morgan fingerprint density at radius 3 is 2.60 bits per heavy atom. The summed E-state index contributed by atoms with van der Waals surface area (Å²) in [4.78, 5) is 2.41. The summed E-state index contributed by atoms with van der Waals surface area (Å²) in [6, 6.07) is 24.1. The minimum Gasteiger partial charge on any atom is -0.508 e. The van der Waals surface area contributed by atoms with E-state index in [0.29, 0.717) is 11.6 Å². The topological polar surface area (TPSA) is 54.0 Å². The van der Waals surface area contributed by atoms with Crippen LogP contribution in [0.15, 0.2) is 72.8 Å². The summed E-state index contributed by atoms with van der Waals surface area (Å²) < 4.78 is 11.8. The first-order valence-electron chi connectivity index (χ1n) is 12.4. The third-order valence-corrected chi connectivity index (χ3v) is 6.61. The third-order valence-electron chi connectivity index (χ3n) is 6.30. The predicted octanol–water partition coefficient (Wildman–Crippen LogP) is 6.55. The lowest BCUT2D eigenvalue weighted by Gasteiger charge is -2.30. The highest BCUT2D eigenvalue weighted by Gasteiger charge is 2.20. The molecule has 2 atom stereocenters. The van der Waals surface area contributed by atoms with Crippen LogP contribution in [0.5, 0.6) is 5.75 Å². The molecule has 0 bridgehead atoms. The number of aromatic hydroxyl groups is 1. The van der Waals surface area contributed by atoms with Gasteiger partial charge in [-0.3, -0.25) is 4.90 Å². The van der Waals surface area contributed by atoms with Crippen molar-refractivity contribution in [3.05, 3.63) is 94.5 Å². The van der Waals surface area contributed by atoms with Crippen molar-refractivity contribution in [1.29, 1.82) is 0 Å².